The lowest BCUT2D eigenvalue weighted by Crippen LogP contribution is -1.95. The highest BCUT2D eigenvalue weighted by molar-refractivity contribution is 7.98. The molecule has 0 spiro atoms. The molecule has 3 rings (SSSR count). The van der Waals surface area contributed by atoms with E-state index in [9.17, 15) is 0 Å². The van der Waals surface area contributed by atoms with Crippen molar-refractivity contribution in [2.75, 3.05) is 5.73 Å². The van der Waals surface area contributed by atoms with Crippen LogP contribution in [-0.2, 0) is 5.75 Å². The molecule has 94 valence electrons. The Hall–Kier alpha value is -2.07. The third-order valence-corrected chi connectivity index (χ3v) is 3.98. The molecule has 0 aliphatic rings. The number of hydrogen-bond acceptors (Lipinski definition) is 4. The first-order valence-corrected chi connectivity index (χ1v) is 6.99. The second kappa shape index (κ2) is 5.28. The fourth-order valence-electron chi connectivity index (χ4n) is 2.01. The number of fused-ring (bicyclic) bond motifs is 1. The molecule has 0 fully saturated rings. The van der Waals surface area contributed by atoms with Crippen molar-refractivity contribution < 1.29 is 0 Å². The predicted molar refractivity (Wildman–Crippen MR) is 80.0 cm³/mol. The highest BCUT2D eigenvalue weighted by atomic mass is 32.2. The molecule has 0 amide bonds. The molecule has 4 heteroatoms. The molecule has 2 N–H and O–H groups in total. The predicted octanol–water partition coefficient (Wildman–Crippen LogP) is 3.50. The Morgan fingerprint density at radius 3 is 2.63 bits per heavy atom. The van der Waals surface area contributed by atoms with Crippen LogP contribution in [0.3, 0.4) is 0 Å². The van der Waals surface area contributed by atoms with Gasteiger partial charge in [-0.1, -0.05) is 54.2 Å². The van der Waals surface area contributed by atoms with Gasteiger partial charge in [0.1, 0.15) is 5.03 Å². The third kappa shape index (κ3) is 2.53. The van der Waals surface area contributed by atoms with Crippen LogP contribution in [0, 0.1) is 0 Å². The normalized spacial score (nSPS) is 10.7. The van der Waals surface area contributed by atoms with Crippen molar-refractivity contribution in [3.05, 3.63) is 60.4 Å². The van der Waals surface area contributed by atoms with Crippen molar-refractivity contribution in [3.8, 4) is 0 Å². The van der Waals surface area contributed by atoms with Crippen molar-refractivity contribution in [2.45, 2.75) is 10.8 Å². The summed E-state index contributed by atoms with van der Waals surface area (Å²) in [6.45, 7) is 0. The van der Waals surface area contributed by atoms with Gasteiger partial charge >= 0.3 is 0 Å². The lowest BCUT2D eigenvalue weighted by Gasteiger charge is -2.06. The number of nitrogens with zero attached hydrogens (tertiary/aromatic N) is 2. The summed E-state index contributed by atoms with van der Waals surface area (Å²) >= 11 is 1.62. The van der Waals surface area contributed by atoms with E-state index in [2.05, 4.69) is 52.4 Å². The quantitative estimate of drug-likeness (QED) is 0.738. The largest absolute Gasteiger partial charge is 0.381 e. The summed E-state index contributed by atoms with van der Waals surface area (Å²) in [6, 6.07) is 14.7. The maximum Gasteiger partial charge on any atom is 0.156 e. The van der Waals surface area contributed by atoms with Gasteiger partial charge in [0.25, 0.3) is 0 Å². The van der Waals surface area contributed by atoms with Gasteiger partial charge in [0.15, 0.2) is 5.82 Å². The highest BCUT2D eigenvalue weighted by Crippen LogP contribution is 2.28. The zero-order chi connectivity index (χ0) is 13.1. The molecule has 0 saturated heterocycles. The minimum absolute atomic E-state index is 0.493. The van der Waals surface area contributed by atoms with Crippen LogP contribution < -0.4 is 5.73 Å². The molecule has 0 aliphatic carbocycles. The number of benzene rings is 2. The van der Waals surface area contributed by atoms with Crippen LogP contribution in [0.4, 0.5) is 5.82 Å². The average Bonchev–Trinajstić information content (AvgIpc) is 2.46. The fourth-order valence-corrected chi connectivity index (χ4v) is 2.89. The summed E-state index contributed by atoms with van der Waals surface area (Å²) in [5.41, 5.74) is 7.09. The summed E-state index contributed by atoms with van der Waals surface area (Å²) in [6.07, 6.45) is 3.28. The minimum Gasteiger partial charge on any atom is -0.381 e. The zero-order valence-electron chi connectivity index (χ0n) is 10.3. The van der Waals surface area contributed by atoms with Gasteiger partial charge in [-0.05, 0) is 16.3 Å². The molecule has 0 aliphatic heterocycles. The van der Waals surface area contributed by atoms with Gasteiger partial charge in [0.05, 0.1) is 0 Å². The van der Waals surface area contributed by atoms with Crippen molar-refractivity contribution in [1.82, 2.24) is 9.97 Å². The van der Waals surface area contributed by atoms with Gasteiger partial charge < -0.3 is 5.73 Å². The van der Waals surface area contributed by atoms with Crippen molar-refractivity contribution in [3.63, 3.8) is 0 Å². The zero-order valence-corrected chi connectivity index (χ0v) is 11.1. The number of nitrogen functional groups attached to an aromatic ring is 1. The topological polar surface area (TPSA) is 51.8 Å². The first kappa shape index (κ1) is 12.0. The molecule has 3 nitrogen and oxygen atoms in total. The maximum absolute atomic E-state index is 5.80. The molecule has 19 heavy (non-hydrogen) atoms. The lowest BCUT2D eigenvalue weighted by atomic mass is 10.1. The van der Waals surface area contributed by atoms with Crippen LogP contribution >= 0.6 is 11.8 Å². The SMILES string of the molecule is Nc1nccnc1SCc1cccc2ccccc12. The Labute approximate surface area is 115 Å². The standard InChI is InChI=1S/C15H13N3S/c16-14-15(18-9-8-17-14)19-10-12-6-3-5-11-4-1-2-7-13(11)12/h1-9H,10H2,(H2,16,17). The summed E-state index contributed by atoms with van der Waals surface area (Å²) in [5, 5.41) is 3.32. The van der Waals surface area contributed by atoms with Gasteiger partial charge in [0.2, 0.25) is 0 Å². The molecular weight excluding hydrogens is 254 g/mol. The summed E-state index contributed by atoms with van der Waals surface area (Å²) in [5.74, 6) is 1.33. The third-order valence-electron chi connectivity index (χ3n) is 2.94. The van der Waals surface area contributed by atoms with Gasteiger partial charge in [-0.25, -0.2) is 9.97 Å². The summed E-state index contributed by atoms with van der Waals surface area (Å²) in [7, 11) is 0. The van der Waals surface area contributed by atoms with Gasteiger partial charge in [0, 0.05) is 18.1 Å². The van der Waals surface area contributed by atoms with E-state index in [-0.39, 0.29) is 0 Å². The summed E-state index contributed by atoms with van der Waals surface area (Å²) in [4.78, 5) is 8.30. The second-order valence-electron chi connectivity index (χ2n) is 4.17. The molecule has 0 atom stereocenters. The molecule has 3 aromatic rings. The van der Waals surface area contributed by atoms with Crippen molar-refractivity contribution >= 4 is 28.4 Å². The highest BCUT2D eigenvalue weighted by Gasteiger charge is 2.05. The summed E-state index contributed by atoms with van der Waals surface area (Å²) < 4.78 is 0. The number of nitrogens with two attached hydrogens (primary N) is 1. The van der Waals surface area contributed by atoms with Gasteiger partial charge in [-0.2, -0.15) is 0 Å². The van der Waals surface area contributed by atoms with E-state index < -0.39 is 0 Å². The Morgan fingerprint density at radius 1 is 0.947 bits per heavy atom. The Bertz CT molecular complexity index is 707. The van der Waals surface area contributed by atoms with Crippen LogP contribution in [0.25, 0.3) is 10.8 Å². The minimum atomic E-state index is 0.493. The van der Waals surface area contributed by atoms with E-state index >= 15 is 0 Å². The first-order valence-electron chi connectivity index (χ1n) is 6.00. The monoisotopic (exact) mass is 267 g/mol. The first-order chi connectivity index (χ1) is 9.34. The Morgan fingerprint density at radius 2 is 1.74 bits per heavy atom. The average molecular weight is 267 g/mol. The van der Waals surface area contributed by atoms with E-state index in [4.69, 9.17) is 5.73 Å². The second-order valence-corrected chi connectivity index (χ2v) is 5.14. The number of aromatic nitrogens is 2. The molecule has 0 radical (unpaired) electrons. The van der Waals surface area contributed by atoms with E-state index in [0.29, 0.717) is 5.82 Å². The van der Waals surface area contributed by atoms with Gasteiger partial charge in [-0.3, -0.25) is 0 Å². The molecule has 2 aromatic carbocycles. The van der Waals surface area contributed by atoms with Crippen molar-refractivity contribution in [2.24, 2.45) is 0 Å². The van der Waals surface area contributed by atoms with E-state index in [1.165, 1.54) is 16.3 Å². The number of thioether (sulfide) groups is 1. The molecule has 0 bridgehead atoms. The molecular formula is C15H13N3S. The Balaban J connectivity index is 1.88. The van der Waals surface area contributed by atoms with Gasteiger partial charge in [-0.15, -0.1) is 0 Å². The van der Waals surface area contributed by atoms with Crippen LogP contribution in [0.1, 0.15) is 5.56 Å². The number of hydrogen-bond donors (Lipinski definition) is 1. The van der Waals surface area contributed by atoms with Crippen LogP contribution in [0.2, 0.25) is 0 Å². The van der Waals surface area contributed by atoms with E-state index in [1.54, 1.807) is 24.2 Å². The fraction of sp³-hybridized carbons (Fsp3) is 0.0667. The smallest absolute Gasteiger partial charge is 0.156 e. The van der Waals surface area contributed by atoms with E-state index in [1.807, 2.05) is 0 Å². The number of anilines is 1. The van der Waals surface area contributed by atoms with Crippen LogP contribution in [0.5, 0.6) is 0 Å². The molecule has 1 aromatic heterocycles. The van der Waals surface area contributed by atoms with Crippen LogP contribution in [-0.4, -0.2) is 9.97 Å². The van der Waals surface area contributed by atoms with Crippen molar-refractivity contribution in [1.29, 1.82) is 0 Å². The van der Waals surface area contributed by atoms with Crippen LogP contribution in [0.15, 0.2) is 59.9 Å². The molecule has 0 saturated carbocycles. The Kier molecular flexibility index (Phi) is 3.33. The van der Waals surface area contributed by atoms with E-state index in [0.717, 1.165) is 10.8 Å². The number of rotatable bonds is 3. The molecule has 0 unspecified atom stereocenters. The maximum atomic E-state index is 5.80. The lowest BCUT2D eigenvalue weighted by molar-refractivity contribution is 1.07. The molecule has 1 heterocycles.